The lowest BCUT2D eigenvalue weighted by molar-refractivity contribution is 0.511. The Labute approximate surface area is 104 Å². The first-order valence-corrected chi connectivity index (χ1v) is 6.25. The van der Waals surface area contributed by atoms with Crippen LogP contribution in [0.3, 0.4) is 0 Å². The van der Waals surface area contributed by atoms with Crippen molar-refractivity contribution in [2.24, 2.45) is 0 Å². The summed E-state index contributed by atoms with van der Waals surface area (Å²) in [7, 11) is 3.95. The van der Waals surface area contributed by atoms with E-state index in [2.05, 4.69) is 20.5 Å². The maximum Gasteiger partial charge on any atom is 0.315 e. The molecule has 0 unspecified atom stereocenters. The third-order valence-corrected chi connectivity index (χ3v) is 3.17. The van der Waals surface area contributed by atoms with Crippen molar-refractivity contribution in [3.05, 3.63) is 17.0 Å². The molecule has 0 spiro atoms. The first-order valence-electron chi connectivity index (χ1n) is 5.37. The van der Waals surface area contributed by atoms with Crippen molar-refractivity contribution < 1.29 is 4.42 Å². The van der Waals surface area contributed by atoms with E-state index in [9.17, 15) is 0 Å². The smallest absolute Gasteiger partial charge is 0.315 e. The van der Waals surface area contributed by atoms with E-state index in [-0.39, 0.29) is 0 Å². The molecule has 6 nitrogen and oxygen atoms in total. The molecule has 0 saturated heterocycles. The Balaban J connectivity index is 1.92. The normalized spacial score (nSPS) is 10.5. The molecular weight excluding hydrogens is 238 g/mol. The van der Waals surface area contributed by atoms with E-state index in [0.717, 1.165) is 17.2 Å². The minimum Gasteiger partial charge on any atom is -0.408 e. The standard InChI is InChI=1S/C10H15N5OS/c1-4-8-13-14-9(16-8)11-5-7-6-17-10(12-7)15(2)3/h6H,4-5H2,1-3H3,(H,11,14). The number of hydrogen-bond acceptors (Lipinski definition) is 7. The topological polar surface area (TPSA) is 67.1 Å². The Kier molecular flexibility index (Phi) is 3.58. The Hall–Kier alpha value is -1.63. The van der Waals surface area contributed by atoms with Crippen LogP contribution in [0.2, 0.25) is 0 Å². The molecule has 0 bridgehead atoms. The maximum absolute atomic E-state index is 5.34. The largest absolute Gasteiger partial charge is 0.408 e. The lowest BCUT2D eigenvalue weighted by Gasteiger charge is -2.05. The molecule has 0 amide bonds. The van der Waals surface area contributed by atoms with Crippen molar-refractivity contribution in [1.29, 1.82) is 0 Å². The van der Waals surface area contributed by atoms with Crippen molar-refractivity contribution in [1.82, 2.24) is 15.2 Å². The summed E-state index contributed by atoms with van der Waals surface area (Å²) in [4.78, 5) is 6.43. The van der Waals surface area contributed by atoms with Gasteiger partial charge in [-0.25, -0.2) is 4.98 Å². The fraction of sp³-hybridized carbons (Fsp3) is 0.500. The minimum atomic E-state index is 0.446. The lowest BCUT2D eigenvalue weighted by atomic mass is 10.5. The minimum absolute atomic E-state index is 0.446. The number of rotatable bonds is 5. The molecule has 2 rings (SSSR count). The average Bonchev–Trinajstić information content (AvgIpc) is 2.95. The van der Waals surface area contributed by atoms with Crippen LogP contribution in [0.15, 0.2) is 9.80 Å². The monoisotopic (exact) mass is 253 g/mol. The predicted octanol–water partition coefficient (Wildman–Crippen LogP) is 1.77. The molecule has 0 radical (unpaired) electrons. The number of nitrogens with zero attached hydrogens (tertiary/aromatic N) is 4. The highest BCUT2D eigenvalue weighted by molar-refractivity contribution is 7.13. The summed E-state index contributed by atoms with van der Waals surface area (Å²) in [5.74, 6) is 0.639. The van der Waals surface area contributed by atoms with Crippen LogP contribution in [0, 0.1) is 0 Å². The highest BCUT2D eigenvalue weighted by Gasteiger charge is 2.06. The number of anilines is 2. The molecule has 0 saturated carbocycles. The van der Waals surface area contributed by atoms with E-state index >= 15 is 0 Å². The van der Waals surface area contributed by atoms with E-state index < -0.39 is 0 Å². The lowest BCUT2D eigenvalue weighted by Crippen LogP contribution is -2.08. The molecule has 0 aliphatic heterocycles. The Morgan fingerprint density at radius 2 is 2.24 bits per heavy atom. The number of hydrogen-bond donors (Lipinski definition) is 1. The van der Waals surface area contributed by atoms with Crippen LogP contribution in [0.5, 0.6) is 0 Å². The first kappa shape index (κ1) is 11.8. The van der Waals surface area contributed by atoms with Crippen molar-refractivity contribution in [2.45, 2.75) is 19.9 Å². The predicted molar refractivity (Wildman–Crippen MR) is 67.4 cm³/mol. The van der Waals surface area contributed by atoms with Crippen molar-refractivity contribution >= 4 is 22.5 Å². The van der Waals surface area contributed by atoms with Gasteiger partial charge < -0.3 is 14.6 Å². The molecule has 1 N–H and O–H groups in total. The van der Waals surface area contributed by atoms with E-state index in [0.29, 0.717) is 18.5 Å². The average molecular weight is 253 g/mol. The molecule has 2 aromatic rings. The van der Waals surface area contributed by atoms with Gasteiger partial charge in [-0.3, -0.25) is 0 Å². The molecule has 2 aromatic heterocycles. The van der Waals surface area contributed by atoms with Gasteiger partial charge in [0.2, 0.25) is 5.89 Å². The molecular formula is C10H15N5OS. The van der Waals surface area contributed by atoms with Gasteiger partial charge in [-0.15, -0.1) is 16.4 Å². The number of aromatic nitrogens is 3. The summed E-state index contributed by atoms with van der Waals surface area (Å²) in [5, 5.41) is 13.8. The van der Waals surface area contributed by atoms with Crippen LogP contribution in [0.1, 0.15) is 18.5 Å². The van der Waals surface area contributed by atoms with Gasteiger partial charge in [0, 0.05) is 25.9 Å². The van der Waals surface area contributed by atoms with Crippen LogP contribution in [-0.2, 0) is 13.0 Å². The summed E-state index contributed by atoms with van der Waals surface area (Å²) in [6, 6.07) is 0.446. The van der Waals surface area contributed by atoms with Gasteiger partial charge >= 0.3 is 6.01 Å². The molecule has 17 heavy (non-hydrogen) atoms. The van der Waals surface area contributed by atoms with Crippen LogP contribution in [0.25, 0.3) is 0 Å². The van der Waals surface area contributed by atoms with Gasteiger partial charge in [-0.1, -0.05) is 12.0 Å². The summed E-state index contributed by atoms with van der Waals surface area (Å²) in [5.41, 5.74) is 0.968. The van der Waals surface area contributed by atoms with Crippen LogP contribution >= 0.6 is 11.3 Å². The molecule has 2 heterocycles. The second-order valence-corrected chi connectivity index (χ2v) is 4.56. The van der Waals surface area contributed by atoms with Crippen LogP contribution in [0.4, 0.5) is 11.1 Å². The zero-order valence-electron chi connectivity index (χ0n) is 10.1. The molecule has 0 atom stereocenters. The number of aryl methyl sites for hydroxylation is 1. The molecule has 0 fully saturated rings. The van der Waals surface area contributed by atoms with Crippen molar-refractivity contribution in [2.75, 3.05) is 24.3 Å². The molecule has 0 aliphatic carbocycles. The third-order valence-electron chi connectivity index (χ3n) is 2.11. The second-order valence-electron chi connectivity index (χ2n) is 3.72. The van der Waals surface area contributed by atoms with Crippen LogP contribution < -0.4 is 10.2 Å². The van der Waals surface area contributed by atoms with Crippen molar-refractivity contribution in [3.8, 4) is 0 Å². The summed E-state index contributed by atoms with van der Waals surface area (Å²) in [6.07, 6.45) is 0.746. The Morgan fingerprint density at radius 1 is 1.41 bits per heavy atom. The number of thiazole rings is 1. The SMILES string of the molecule is CCc1nnc(NCc2csc(N(C)C)n2)o1. The number of nitrogens with one attached hydrogen (secondary N) is 1. The highest BCUT2D eigenvalue weighted by atomic mass is 32.1. The van der Waals surface area contributed by atoms with E-state index in [4.69, 9.17) is 4.42 Å². The van der Waals surface area contributed by atoms with Gasteiger partial charge in [0.1, 0.15) is 0 Å². The van der Waals surface area contributed by atoms with Gasteiger partial charge in [-0.2, -0.15) is 0 Å². The molecule has 92 valence electrons. The fourth-order valence-electron chi connectivity index (χ4n) is 1.22. The Bertz CT molecular complexity index is 479. The van der Waals surface area contributed by atoms with E-state index in [1.54, 1.807) is 11.3 Å². The quantitative estimate of drug-likeness (QED) is 0.876. The highest BCUT2D eigenvalue weighted by Crippen LogP contribution is 2.18. The first-order chi connectivity index (χ1) is 8.19. The van der Waals surface area contributed by atoms with E-state index in [1.165, 1.54) is 0 Å². The molecule has 0 aromatic carbocycles. The van der Waals surface area contributed by atoms with Gasteiger partial charge in [0.05, 0.1) is 12.2 Å². The third kappa shape index (κ3) is 2.94. The maximum atomic E-state index is 5.34. The van der Waals surface area contributed by atoms with Gasteiger partial charge in [0.25, 0.3) is 0 Å². The fourth-order valence-corrected chi connectivity index (χ4v) is 1.98. The van der Waals surface area contributed by atoms with Crippen molar-refractivity contribution in [3.63, 3.8) is 0 Å². The van der Waals surface area contributed by atoms with Gasteiger partial charge in [0.15, 0.2) is 5.13 Å². The van der Waals surface area contributed by atoms with Crippen LogP contribution in [-0.4, -0.2) is 29.3 Å². The zero-order valence-corrected chi connectivity index (χ0v) is 10.9. The molecule has 0 aliphatic rings. The summed E-state index contributed by atoms with van der Waals surface area (Å²) in [6.45, 7) is 2.57. The summed E-state index contributed by atoms with van der Waals surface area (Å²) >= 11 is 1.61. The zero-order chi connectivity index (χ0) is 12.3. The summed E-state index contributed by atoms with van der Waals surface area (Å²) < 4.78 is 5.34. The van der Waals surface area contributed by atoms with E-state index in [1.807, 2.05) is 31.3 Å². The Morgan fingerprint density at radius 3 is 2.82 bits per heavy atom. The molecule has 7 heteroatoms. The van der Waals surface area contributed by atoms with Gasteiger partial charge in [-0.05, 0) is 0 Å². The second kappa shape index (κ2) is 5.13.